The summed E-state index contributed by atoms with van der Waals surface area (Å²) in [4.78, 5) is 11.5. The normalized spacial score (nSPS) is 11.0. The van der Waals surface area contributed by atoms with Gasteiger partial charge in [0, 0.05) is 11.1 Å². The van der Waals surface area contributed by atoms with E-state index in [1.807, 2.05) is 55.5 Å². The van der Waals surface area contributed by atoms with E-state index in [-0.39, 0.29) is 6.61 Å². The molecule has 3 N–H and O–H groups in total. The van der Waals surface area contributed by atoms with Crippen molar-refractivity contribution in [3.05, 3.63) is 59.8 Å². The Morgan fingerprint density at radius 3 is 2.38 bits per heavy atom. The summed E-state index contributed by atoms with van der Waals surface area (Å²) in [6.45, 7) is 1.90. The number of aryl methyl sites for hydroxylation is 1. The number of carbonyl (C=O) groups excluding carboxylic acids is 1. The summed E-state index contributed by atoms with van der Waals surface area (Å²) in [6, 6.07) is 15.1. The fourth-order valence-electron chi connectivity index (χ4n) is 2.63. The minimum atomic E-state index is -0.470. The van der Waals surface area contributed by atoms with E-state index in [4.69, 9.17) is 10.8 Å². The second kappa shape index (κ2) is 5.07. The van der Waals surface area contributed by atoms with Crippen LogP contribution in [0.4, 0.5) is 4.79 Å². The van der Waals surface area contributed by atoms with Gasteiger partial charge in [-0.05, 0) is 41.8 Å². The summed E-state index contributed by atoms with van der Waals surface area (Å²) in [5.41, 5.74) is 10.1. The number of fused-ring (bicyclic) bond motifs is 1. The average Bonchev–Trinajstić information content (AvgIpc) is 2.82. The van der Waals surface area contributed by atoms with Crippen LogP contribution in [0.5, 0.6) is 0 Å². The first kappa shape index (κ1) is 13.4. The number of benzene rings is 2. The molecule has 21 heavy (non-hydrogen) atoms. The van der Waals surface area contributed by atoms with Gasteiger partial charge in [-0.2, -0.15) is 0 Å². The molecule has 0 radical (unpaired) electrons. The van der Waals surface area contributed by atoms with Crippen molar-refractivity contribution >= 4 is 16.9 Å². The molecular formula is C17H16N2O2. The van der Waals surface area contributed by atoms with Gasteiger partial charge in [-0.3, -0.25) is 4.57 Å². The van der Waals surface area contributed by atoms with E-state index in [0.717, 1.165) is 33.3 Å². The molecule has 4 heteroatoms. The van der Waals surface area contributed by atoms with Gasteiger partial charge in [-0.25, -0.2) is 4.79 Å². The molecular weight excluding hydrogens is 264 g/mol. The molecule has 0 aliphatic heterocycles. The highest BCUT2D eigenvalue weighted by Gasteiger charge is 2.10. The first-order chi connectivity index (χ1) is 10.1. The predicted octanol–water partition coefficient (Wildman–Crippen LogP) is 3.04. The lowest BCUT2D eigenvalue weighted by Crippen LogP contribution is -2.20. The largest absolute Gasteiger partial charge is 0.392 e. The molecule has 1 amide bonds. The molecule has 1 heterocycles. The van der Waals surface area contributed by atoms with Gasteiger partial charge in [0.05, 0.1) is 12.1 Å². The van der Waals surface area contributed by atoms with Gasteiger partial charge in [0.25, 0.3) is 0 Å². The van der Waals surface area contributed by atoms with Gasteiger partial charge in [-0.15, -0.1) is 0 Å². The molecule has 0 saturated heterocycles. The van der Waals surface area contributed by atoms with Crippen LogP contribution >= 0.6 is 0 Å². The molecule has 0 atom stereocenters. The first-order valence-electron chi connectivity index (χ1n) is 6.72. The highest BCUT2D eigenvalue weighted by molar-refractivity contribution is 5.94. The third-order valence-electron chi connectivity index (χ3n) is 3.68. The van der Waals surface area contributed by atoms with E-state index in [1.165, 1.54) is 4.57 Å². The van der Waals surface area contributed by atoms with Crippen LogP contribution in [-0.2, 0) is 6.61 Å². The van der Waals surface area contributed by atoms with Crippen molar-refractivity contribution in [1.82, 2.24) is 4.57 Å². The maximum absolute atomic E-state index is 11.5. The van der Waals surface area contributed by atoms with Crippen molar-refractivity contribution in [2.75, 3.05) is 0 Å². The van der Waals surface area contributed by atoms with Gasteiger partial charge in [0.15, 0.2) is 0 Å². The molecule has 3 aromatic rings. The molecule has 0 bridgehead atoms. The van der Waals surface area contributed by atoms with Gasteiger partial charge >= 0.3 is 6.03 Å². The number of primary amides is 1. The molecule has 3 rings (SSSR count). The zero-order chi connectivity index (χ0) is 15.0. The Balaban J connectivity index is 2.10. The van der Waals surface area contributed by atoms with Gasteiger partial charge < -0.3 is 10.8 Å². The van der Waals surface area contributed by atoms with Crippen LogP contribution in [0.3, 0.4) is 0 Å². The third kappa shape index (κ3) is 2.30. The molecule has 106 valence electrons. The van der Waals surface area contributed by atoms with E-state index < -0.39 is 6.03 Å². The SMILES string of the molecule is Cc1cc2cc(-c3ccc(CO)cc3)ccc2n1C(N)=O. The lowest BCUT2D eigenvalue weighted by Gasteiger charge is -2.05. The zero-order valence-corrected chi connectivity index (χ0v) is 11.7. The molecule has 0 aliphatic carbocycles. The fourth-order valence-corrected chi connectivity index (χ4v) is 2.63. The number of carbonyl (C=O) groups is 1. The first-order valence-corrected chi connectivity index (χ1v) is 6.72. The smallest absolute Gasteiger partial charge is 0.323 e. The van der Waals surface area contributed by atoms with E-state index in [9.17, 15) is 4.79 Å². The summed E-state index contributed by atoms with van der Waals surface area (Å²) in [5.74, 6) is 0. The number of nitrogens with zero attached hydrogens (tertiary/aromatic N) is 1. The number of aromatic nitrogens is 1. The summed E-state index contributed by atoms with van der Waals surface area (Å²) >= 11 is 0. The molecule has 0 unspecified atom stereocenters. The zero-order valence-electron chi connectivity index (χ0n) is 11.7. The molecule has 0 aliphatic rings. The maximum atomic E-state index is 11.5. The maximum Gasteiger partial charge on any atom is 0.323 e. The van der Waals surface area contributed by atoms with E-state index in [0.29, 0.717) is 0 Å². The van der Waals surface area contributed by atoms with Crippen molar-refractivity contribution in [3.8, 4) is 11.1 Å². The number of nitrogens with two attached hydrogens (primary N) is 1. The van der Waals surface area contributed by atoms with Crippen LogP contribution in [0.1, 0.15) is 11.3 Å². The molecule has 4 nitrogen and oxygen atoms in total. The highest BCUT2D eigenvalue weighted by Crippen LogP contribution is 2.27. The number of rotatable bonds is 2. The number of hydrogen-bond donors (Lipinski definition) is 2. The third-order valence-corrected chi connectivity index (χ3v) is 3.68. The fraction of sp³-hybridized carbons (Fsp3) is 0.118. The Morgan fingerprint density at radius 2 is 1.76 bits per heavy atom. The van der Waals surface area contributed by atoms with E-state index >= 15 is 0 Å². The van der Waals surface area contributed by atoms with Gasteiger partial charge in [0.1, 0.15) is 0 Å². The lowest BCUT2D eigenvalue weighted by atomic mass is 10.0. The predicted molar refractivity (Wildman–Crippen MR) is 83.0 cm³/mol. The molecule has 0 fully saturated rings. The van der Waals surface area contributed by atoms with Crippen LogP contribution in [0.2, 0.25) is 0 Å². The number of aliphatic hydroxyl groups excluding tert-OH is 1. The topological polar surface area (TPSA) is 68.2 Å². The second-order valence-corrected chi connectivity index (χ2v) is 5.09. The summed E-state index contributed by atoms with van der Waals surface area (Å²) in [6.07, 6.45) is 0. The van der Waals surface area contributed by atoms with Crippen molar-refractivity contribution in [2.45, 2.75) is 13.5 Å². The van der Waals surface area contributed by atoms with Crippen LogP contribution in [0, 0.1) is 6.92 Å². The van der Waals surface area contributed by atoms with Gasteiger partial charge in [0.2, 0.25) is 0 Å². The summed E-state index contributed by atoms with van der Waals surface area (Å²) < 4.78 is 1.51. The van der Waals surface area contributed by atoms with Gasteiger partial charge in [-0.1, -0.05) is 30.3 Å². The Morgan fingerprint density at radius 1 is 1.10 bits per heavy atom. The minimum absolute atomic E-state index is 0.0416. The second-order valence-electron chi connectivity index (χ2n) is 5.09. The Bertz CT molecular complexity index is 817. The Kier molecular flexibility index (Phi) is 3.23. The van der Waals surface area contributed by atoms with Crippen LogP contribution in [-0.4, -0.2) is 15.7 Å². The van der Waals surface area contributed by atoms with E-state index in [1.54, 1.807) is 0 Å². The molecule has 0 spiro atoms. The Hall–Kier alpha value is -2.59. The van der Waals surface area contributed by atoms with Crippen LogP contribution in [0.25, 0.3) is 22.0 Å². The molecule has 2 aromatic carbocycles. The quantitative estimate of drug-likeness (QED) is 0.757. The van der Waals surface area contributed by atoms with Crippen molar-refractivity contribution in [1.29, 1.82) is 0 Å². The van der Waals surface area contributed by atoms with Crippen LogP contribution in [0.15, 0.2) is 48.5 Å². The molecule has 1 aromatic heterocycles. The molecule has 0 saturated carbocycles. The average molecular weight is 280 g/mol. The monoisotopic (exact) mass is 280 g/mol. The summed E-state index contributed by atoms with van der Waals surface area (Å²) in [7, 11) is 0. The van der Waals surface area contributed by atoms with Crippen LogP contribution < -0.4 is 5.73 Å². The highest BCUT2D eigenvalue weighted by atomic mass is 16.3. The lowest BCUT2D eigenvalue weighted by molar-refractivity contribution is 0.251. The van der Waals surface area contributed by atoms with E-state index in [2.05, 4.69) is 0 Å². The standard InChI is InChI=1S/C17H16N2O2/c1-11-8-15-9-14(6-7-16(15)19(11)17(18)21)13-4-2-12(10-20)3-5-13/h2-9,20H,10H2,1H3,(H2,18,21). The number of aliphatic hydroxyl groups is 1. The van der Waals surface area contributed by atoms with Crippen molar-refractivity contribution in [2.24, 2.45) is 5.73 Å². The number of amides is 1. The number of hydrogen-bond acceptors (Lipinski definition) is 2. The Labute approximate surface area is 122 Å². The van der Waals surface area contributed by atoms with Crippen molar-refractivity contribution < 1.29 is 9.90 Å². The van der Waals surface area contributed by atoms with Crippen molar-refractivity contribution in [3.63, 3.8) is 0 Å². The minimum Gasteiger partial charge on any atom is -0.392 e. The summed E-state index contributed by atoms with van der Waals surface area (Å²) in [5, 5.41) is 10.1.